The molecule has 1 aliphatic rings. The molecule has 4 rings (SSSR count). The molecule has 0 spiro atoms. The van der Waals surface area contributed by atoms with E-state index < -0.39 is 0 Å². The van der Waals surface area contributed by atoms with Gasteiger partial charge in [-0.25, -0.2) is 4.98 Å². The molecule has 0 bridgehead atoms. The zero-order valence-electron chi connectivity index (χ0n) is 18.5. The molecule has 8 heteroatoms. The molecule has 1 fully saturated rings. The number of pyridine rings is 1. The van der Waals surface area contributed by atoms with Crippen LogP contribution in [0.5, 0.6) is 5.75 Å². The van der Waals surface area contributed by atoms with Gasteiger partial charge in [-0.2, -0.15) is 5.26 Å². The maximum Gasteiger partial charge on any atom is 0.293 e. The Bertz CT molecular complexity index is 1090. The van der Waals surface area contributed by atoms with E-state index >= 15 is 0 Å². The first-order chi connectivity index (χ1) is 15.3. The van der Waals surface area contributed by atoms with Crippen molar-refractivity contribution < 1.29 is 14.3 Å². The van der Waals surface area contributed by atoms with E-state index in [0.29, 0.717) is 29.7 Å². The lowest BCUT2D eigenvalue weighted by Crippen LogP contribution is -2.17. The van der Waals surface area contributed by atoms with Crippen LogP contribution >= 0.6 is 11.6 Å². The molecule has 3 heterocycles. The third-order valence-electron chi connectivity index (χ3n) is 4.96. The molecule has 0 aliphatic carbocycles. The van der Waals surface area contributed by atoms with Gasteiger partial charge in [-0.15, -0.1) is 0 Å². The van der Waals surface area contributed by atoms with Crippen molar-refractivity contribution in [1.29, 1.82) is 5.26 Å². The van der Waals surface area contributed by atoms with Crippen molar-refractivity contribution in [3.63, 3.8) is 0 Å². The lowest BCUT2D eigenvalue weighted by Gasteiger charge is -2.15. The number of halogens is 1. The number of carbonyl (C=O) groups is 1. The number of aromatic nitrogens is 2. The number of hydrogen-bond acceptors (Lipinski definition) is 6. The minimum absolute atomic E-state index is 0.318. The van der Waals surface area contributed by atoms with E-state index in [-0.39, 0.29) is 5.60 Å². The van der Waals surface area contributed by atoms with Gasteiger partial charge in [0.05, 0.1) is 24.4 Å². The van der Waals surface area contributed by atoms with Crippen LogP contribution in [-0.2, 0) is 9.53 Å². The summed E-state index contributed by atoms with van der Waals surface area (Å²) in [4.78, 5) is 13.8. The van der Waals surface area contributed by atoms with Gasteiger partial charge < -0.3 is 14.8 Å². The van der Waals surface area contributed by atoms with E-state index in [9.17, 15) is 4.79 Å². The van der Waals surface area contributed by atoms with Crippen molar-refractivity contribution in [3.05, 3.63) is 53.6 Å². The summed E-state index contributed by atoms with van der Waals surface area (Å²) < 4.78 is 12.5. The average molecular weight is 455 g/mol. The van der Waals surface area contributed by atoms with Crippen LogP contribution in [0.2, 0.25) is 5.15 Å². The van der Waals surface area contributed by atoms with Gasteiger partial charge in [0.15, 0.2) is 0 Å². The summed E-state index contributed by atoms with van der Waals surface area (Å²) in [6.07, 6.45) is 4.58. The average Bonchev–Trinajstić information content (AvgIpc) is 3.46. The molecule has 0 radical (unpaired) electrons. The highest BCUT2D eigenvalue weighted by Gasteiger charge is 2.18. The van der Waals surface area contributed by atoms with Crippen LogP contribution < -0.4 is 10.1 Å². The first-order valence-corrected chi connectivity index (χ1v) is 10.8. The third kappa shape index (κ3) is 6.00. The van der Waals surface area contributed by atoms with Gasteiger partial charge in [0.1, 0.15) is 28.3 Å². The molecule has 7 nitrogen and oxygen atoms in total. The largest absolute Gasteiger partial charge is 0.491 e. The minimum atomic E-state index is -0.318. The first-order valence-electron chi connectivity index (χ1n) is 10.4. The molecule has 1 atom stereocenters. The van der Waals surface area contributed by atoms with Gasteiger partial charge in [0.25, 0.3) is 6.47 Å². The van der Waals surface area contributed by atoms with E-state index in [1.807, 2.05) is 43.4 Å². The Morgan fingerprint density at radius 3 is 2.66 bits per heavy atom. The molecule has 2 aromatic heterocycles. The molecule has 1 saturated heterocycles. The Labute approximate surface area is 192 Å². The fourth-order valence-corrected chi connectivity index (χ4v) is 3.58. The molecule has 1 aromatic carbocycles. The highest BCUT2D eigenvalue weighted by Crippen LogP contribution is 2.35. The zero-order valence-corrected chi connectivity index (χ0v) is 19.2. The molecular weight excluding hydrogens is 428 g/mol. The zero-order chi connectivity index (χ0) is 23.1. The quantitative estimate of drug-likeness (QED) is 0.452. The number of nitrogens with zero attached hydrogens (tertiary/aromatic N) is 3. The molecule has 3 aromatic rings. The second-order valence-electron chi connectivity index (χ2n) is 8.55. The van der Waals surface area contributed by atoms with Crippen LogP contribution in [0, 0.1) is 17.2 Å². The summed E-state index contributed by atoms with van der Waals surface area (Å²) in [5, 5.41) is 12.9. The molecular formula is C24H27ClN4O3. The van der Waals surface area contributed by atoms with E-state index in [1.54, 1.807) is 24.7 Å². The Morgan fingerprint density at radius 2 is 2.09 bits per heavy atom. The highest BCUT2D eigenvalue weighted by atomic mass is 35.5. The summed E-state index contributed by atoms with van der Waals surface area (Å²) in [7, 11) is 0. The minimum Gasteiger partial charge on any atom is -0.491 e. The number of fused-ring (bicyclic) bond motifs is 1. The van der Waals surface area contributed by atoms with Crippen molar-refractivity contribution in [1.82, 2.24) is 14.7 Å². The lowest BCUT2D eigenvalue weighted by atomic mass is 10.1. The fourth-order valence-electron chi connectivity index (χ4n) is 3.28. The van der Waals surface area contributed by atoms with Crippen molar-refractivity contribution in [2.24, 2.45) is 5.92 Å². The normalized spacial score (nSPS) is 15.5. The third-order valence-corrected chi connectivity index (χ3v) is 5.35. The second-order valence-corrected chi connectivity index (χ2v) is 8.91. The molecule has 1 aliphatic heterocycles. The number of nitriles is 1. The summed E-state index contributed by atoms with van der Waals surface area (Å²) >= 11 is 6.58. The summed E-state index contributed by atoms with van der Waals surface area (Å²) in [5.74, 6) is 1.30. The van der Waals surface area contributed by atoms with Gasteiger partial charge >= 0.3 is 0 Å². The maximum atomic E-state index is 9.60. The van der Waals surface area contributed by atoms with Crippen LogP contribution in [-0.4, -0.2) is 41.2 Å². The number of imidazole rings is 1. The van der Waals surface area contributed by atoms with Crippen LogP contribution in [0.25, 0.3) is 16.6 Å². The molecule has 0 unspecified atom stereocenters. The number of rotatable bonds is 5. The number of benzene rings is 1. The van der Waals surface area contributed by atoms with Gasteiger partial charge in [-0.1, -0.05) is 23.7 Å². The van der Waals surface area contributed by atoms with Crippen molar-refractivity contribution in [3.8, 4) is 22.9 Å². The molecule has 0 amide bonds. The van der Waals surface area contributed by atoms with Gasteiger partial charge in [0, 0.05) is 18.0 Å². The Balaban J connectivity index is 0.000000360. The number of carbonyl (C=O) groups excluding carboxylic acids is 1. The van der Waals surface area contributed by atoms with Crippen LogP contribution in [0.15, 0.2) is 42.9 Å². The summed E-state index contributed by atoms with van der Waals surface area (Å²) in [6, 6.07) is 11.5. The van der Waals surface area contributed by atoms with Crippen LogP contribution in [0.1, 0.15) is 32.8 Å². The molecule has 1 N–H and O–H groups in total. The smallest absolute Gasteiger partial charge is 0.293 e. The van der Waals surface area contributed by atoms with Gasteiger partial charge in [-0.05, 0) is 57.5 Å². The Morgan fingerprint density at radius 1 is 1.34 bits per heavy atom. The summed E-state index contributed by atoms with van der Waals surface area (Å²) in [5.41, 5.74) is 2.95. The van der Waals surface area contributed by atoms with Crippen LogP contribution in [0.4, 0.5) is 0 Å². The van der Waals surface area contributed by atoms with Crippen LogP contribution in [0.3, 0.4) is 0 Å². The Kier molecular flexibility index (Phi) is 7.73. The maximum absolute atomic E-state index is 9.60. The molecule has 168 valence electrons. The highest BCUT2D eigenvalue weighted by molar-refractivity contribution is 6.32. The molecule has 32 heavy (non-hydrogen) atoms. The number of hydrogen-bond donors (Lipinski definition) is 1. The first kappa shape index (κ1) is 23.6. The summed E-state index contributed by atoms with van der Waals surface area (Å²) in [6.45, 7) is 8.63. The van der Waals surface area contributed by atoms with Gasteiger partial charge in [-0.3, -0.25) is 9.20 Å². The number of ether oxygens (including phenoxy) is 2. The van der Waals surface area contributed by atoms with E-state index in [4.69, 9.17) is 21.6 Å². The van der Waals surface area contributed by atoms with Crippen molar-refractivity contribution in [2.75, 3.05) is 19.7 Å². The molecule has 0 saturated carbocycles. The number of nitrogens with one attached hydrogen (secondary N) is 1. The SMILES string of the molecule is CC(C)(C)OC=O.N#Cc1ccc(-c2cc(OC[C@@H]3CCNC3)c3cncn3c2Cl)cc1. The Hall–Kier alpha value is -3.08. The fraction of sp³-hybridized carbons (Fsp3) is 0.375. The predicted octanol–water partition coefficient (Wildman–Crippen LogP) is 4.47. The van der Waals surface area contributed by atoms with E-state index in [0.717, 1.165) is 41.9 Å². The lowest BCUT2D eigenvalue weighted by molar-refractivity contribution is -0.138. The predicted molar refractivity (Wildman–Crippen MR) is 124 cm³/mol. The van der Waals surface area contributed by atoms with Crippen molar-refractivity contribution >= 4 is 23.6 Å². The topological polar surface area (TPSA) is 88.7 Å². The van der Waals surface area contributed by atoms with Gasteiger partial charge in [0.2, 0.25) is 0 Å². The standard InChI is InChI=1S/C19H17ClN4O.C5H10O2/c20-19-16(15-3-1-13(8-21)2-4-15)7-18(17-10-23-12-24(17)19)25-11-14-5-6-22-9-14;1-5(2,3)7-4-6/h1-4,7,10,12,14,22H,5-6,9,11H2;4H,1-3H3/t14-;/m1./s1. The monoisotopic (exact) mass is 454 g/mol. The second kappa shape index (κ2) is 10.5. The van der Waals surface area contributed by atoms with E-state index in [1.165, 1.54) is 0 Å². The van der Waals surface area contributed by atoms with Crippen molar-refractivity contribution in [2.45, 2.75) is 32.8 Å². The van der Waals surface area contributed by atoms with E-state index in [2.05, 4.69) is 21.1 Å².